The van der Waals surface area contributed by atoms with E-state index in [1.54, 1.807) is 12.1 Å². The number of nitrogens with zero attached hydrogens (tertiary/aromatic N) is 3. The molecule has 27 heavy (non-hydrogen) atoms. The fourth-order valence-corrected chi connectivity index (χ4v) is 3.41. The number of carbonyl (C=O) groups excluding carboxylic acids is 1. The molecule has 1 saturated heterocycles. The van der Waals surface area contributed by atoms with Crippen molar-refractivity contribution in [1.82, 2.24) is 14.7 Å². The first-order chi connectivity index (χ1) is 12.9. The molecule has 144 valence electrons. The van der Waals surface area contributed by atoms with Crippen molar-refractivity contribution in [3.05, 3.63) is 47.8 Å². The van der Waals surface area contributed by atoms with E-state index < -0.39 is 24.0 Å². The predicted molar refractivity (Wildman–Crippen MR) is 88.2 cm³/mol. The van der Waals surface area contributed by atoms with Gasteiger partial charge in [0.25, 0.3) is 5.91 Å². The quantitative estimate of drug-likeness (QED) is 0.799. The topological polar surface area (TPSA) is 56.6 Å². The third kappa shape index (κ3) is 3.51. The van der Waals surface area contributed by atoms with Gasteiger partial charge < -0.3 is 14.4 Å². The highest BCUT2D eigenvalue weighted by Crippen LogP contribution is 2.35. The zero-order valence-corrected chi connectivity index (χ0v) is 14.4. The summed E-state index contributed by atoms with van der Waals surface area (Å²) in [4.78, 5) is 13.6. The van der Waals surface area contributed by atoms with Gasteiger partial charge in [-0.25, -0.2) is 0 Å². The molecule has 1 amide bonds. The lowest BCUT2D eigenvalue weighted by molar-refractivity contribution is -0.219. The van der Waals surface area contributed by atoms with E-state index in [1.165, 1.54) is 10.7 Å². The van der Waals surface area contributed by atoms with Gasteiger partial charge in [0, 0.05) is 12.5 Å². The van der Waals surface area contributed by atoms with E-state index in [2.05, 4.69) is 5.10 Å². The maximum absolute atomic E-state index is 13.5. The van der Waals surface area contributed by atoms with Crippen LogP contribution in [0, 0.1) is 5.92 Å². The van der Waals surface area contributed by atoms with Crippen molar-refractivity contribution >= 4 is 5.91 Å². The fraction of sp³-hybridized carbons (Fsp3) is 0.444. The van der Waals surface area contributed by atoms with Gasteiger partial charge in [-0.15, -0.1) is 0 Å². The molecule has 0 N–H and O–H groups in total. The predicted octanol–water partition coefficient (Wildman–Crippen LogP) is 2.50. The van der Waals surface area contributed by atoms with Gasteiger partial charge >= 0.3 is 6.18 Å². The summed E-state index contributed by atoms with van der Waals surface area (Å²) in [5.41, 5.74) is 0.655. The van der Waals surface area contributed by atoms with Crippen molar-refractivity contribution in [2.75, 3.05) is 19.8 Å². The summed E-state index contributed by atoms with van der Waals surface area (Å²) in [5, 5.41) is 4.29. The number of ether oxygens (including phenoxy) is 2. The highest BCUT2D eigenvalue weighted by molar-refractivity contribution is 5.93. The van der Waals surface area contributed by atoms with Crippen LogP contribution in [0.3, 0.4) is 0 Å². The molecule has 0 spiro atoms. The van der Waals surface area contributed by atoms with Crippen LogP contribution >= 0.6 is 0 Å². The Morgan fingerprint density at radius 2 is 1.96 bits per heavy atom. The first-order valence-corrected chi connectivity index (χ1v) is 8.63. The molecule has 0 saturated carbocycles. The van der Waals surface area contributed by atoms with Gasteiger partial charge in [-0.3, -0.25) is 9.48 Å². The molecule has 0 radical (unpaired) electrons. The Kier molecular flexibility index (Phi) is 4.55. The van der Waals surface area contributed by atoms with Crippen LogP contribution in [-0.4, -0.2) is 52.6 Å². The molecule has 0 bridgehead atoms. The Morgan fingerprint density at radius 1 is 1.22 bits per heavy atom. The number of amides is 1. The molecule has 0 unspecified atom stereocenters. The van der Waals surface area contributed by atoms with E-state index >= 15 is 0 Å². The summed E-state index contributed by atoms with van der Waals surface area (Å²) >= 11 is 0. The highest BCUT2D eigenvalue weighted by atomic mass is 19.4. The van der Waals surface area contributed by atoms with Crippen LogP contribution in [0.25, 0.3) is 0 Å². The Balaban J connectivity index is 1.51. The maximum atomic E-state index is 13.5. The van der Waals surface area contributed by atoms with Crippen LogP contribution in [0.2, 0.25) is 0 Å². The van der Waals surface area contributed by atoms with E-state index in [9.17, 15) is 18.0 Å². The van der Waals surface area contributed by atoms with Gasteiger partial charge in [0.1, 0.15) is 29.8 Å². The number of halogens is 3. The fourth-order valence-electron chi connectivity index (χ4n) is 3.41. The summed E-state index contributed by atoms with van der Waals surface area (Å²) in [6.45, 7) is 0.350. The second kappa shape index (κ2) is 6.88. The number of rotatable bonds is 5. The van der Waals surface area contributed by atoms with Crippen LogP contribution in [0.5, 0.6) is 5.75 Å². The summed E-state index contributed by atoms with van der Waals surface area (Å²) in [6, 6.07) is 8.77. The Hall–Kier alpha value is -2.55. The Labute approximate surface area is 153 Å². The minimum absolute atomic E-state index is 0.0172. The third-order valence-corrected chi connectivity index (χ3v) is 4.77. The zero-order valence-electron chi connectivity index (χ0n) is 14.4. The van der Waals surface area contributed by atoms with Crippen molar-refractivity contribution in [2.45, 2.75) is 25.4 Å². The smallest absolute Gasteiger partial charge is 0.409 e. The van der Waals surface area contributed by atoms with E-state index in [-0.39, 0.29) is 38.6 Å². The lowest BCUT2D eigenvalue weighted by atomic mass is 9.95. The lowest BCUT2D eigenvalue weighted by Gasteiger charge is -2.42. The molecule has 9 heteroatoms. The van der Waals surface area contributed by atoms with Crippen molar-refractivity contribution in [2.24, 2.45) is 5.92 Å². The first kappa shape index (κ1) is 17.8. The molecule has 2 aliphatic rings. The van der Waals surface area contributed by atoms with Crippen LogP contribution in [0.15, 0.2) is 36.4 Å². The molecule has 4 rings (SSSR count). The normalized spacial score (nSPS) is 18.8. The number of alkyl halides is 3. The Morgan fingerprint density at radius 3 is 2.59 bits per heavy atom. The molecule has 2 aromatic rings. The van der Waals surface area contributed by atoms with Gasteiger partial charge in [0.2, 0.25) is 0 Å². The van der Waals surface area contributed by atoms with Crippen LogP contribution in [0.4, 0.5) is 13.2 Å². The summed E-state index contributed by atoms with van der Waals surface area (Å²) in [7, 11) is 0. The number of hydrogen-bond donors (Lipinski definition) is 0. The zero-order chi connectivity index (χ0) is 19.0. The van der Waals surface area contributed by atoms with Crippen molar-refractivity contribution in [3.63, 3.8) is 0 Å². The van der Waals surface area contributed by atoms with E-state index in [4.69, 9.17) is 9.47 Å². The number of hydrogen-bond acceptors (Lipinski definition) is 4. The standard InChI is InChI=1S/C18H18F3N3O3/c19-18(20,21)16(12-9-26-10-12)23-6-7-24-15(17(23)25)8-13(22-24)11-27-14-4-2-1-3-5-14/h1-5,8,12,16H,6-7,9-11H2/t16-/m0/s1. The van der Waals surface area contributed by atoms with E-state index in [0.29, 0.717) is 11.4 Å². The third-order valence-electron chi connectivity index (χ3n) is 4.77. The summed E-state index contributed by atoms with van der Waals surface area (Å²) in [6.07, 6.45) is -4.49. The summed E-state index contributed by atoms with van der Waals surface area (Å²) in [5.74, 6) is -0.725. The monoisotopic (exact) mass is 381 g/mol. The number of benzene rings is 1. The molecular formula is C18H18F3N3O3. The average Bonchev–Trinajstić information content (AvgIpc) is 3.01. The molecule has 6 nitrogen and oxygen atoms in total. The van der Waals surface area contributed by atoms with Crippen LogP contribution < -0.4 is 4.74 Å². The second-order valence-electron chi connectivity index (χ2n) is 6.63. The molecule has 1 aromatic heterocycles. The minimum atomic E-state index is -4.49. The first-order valence-electron chi connectivity index (χ1n) is 8.63. The van der Waals surface area contributed by atoms with Crippen molar-refractivity contribution in [3.8, 4) is 5.75 Å². The number of para-hydroxylation sites is 1. The van der Waals surface area contributed by atoms with E-state index in [0.717, 1.165) is 4.90 Å². The summed E-state index contributed by atoms with van der Waals surface area (Å²) < 4.78 is 52.6. The average molecular weight is 381 g/mol. The number of carbonyl (C=O) groups is 1. The second-order valence-corrected chi connectivity index (χ2v) is 6.63. The molecule has 1 atom stereocenters. The van der Waals surface area contributed by atoms with Gasteiger partial charge in [0.05, 0.1) is 19.8 Å². The molecule has 1 aromatic carbocycles. The minimum Gasteiger partial charge on any atom is -0.487 e. The van der Waals surface area contributed by atoms with Gasteiger partial charge in [-0.2, -0.15) is 18.3 Å². The molecule has 3 heterocycles. The largest absolute Gasteiger partial charge is 0.487 e. The SMILES string of the molecule is O=C1c2cc(COc3ccccc3)nn2CCN1[C@@H](C1COC1)C(F)(F)F. The molecule has 0 aliphatic carbocycles. The number of aromatic nitrogens is 2. The van der Waals surface area contributed by atoms with Gasteiger partial charge in [-0.1, -0.05) is 18.2 Å². The Bertz CT molecular complexity index is 818. The van der Waals surface area contributed by atoms with Crippen LogP contribution in [0.1, 0.15) is 16.2 Å². The maximum Gasteiger partial charge on any atom is 0.409 e. The van der Waals surface area contributed by atoms with Crippen molar-refractivity contribution < 1.29 is 27.4 Å². The van der Waals surface area contributed by atoms with E-state index in [1.807, 2.05) is 18.2 Å². The van der Waals surface area contributed by atoms with Gasteiger partial charge in [0.15, 0.2) is 0 Å². The van der Waals surface area contributed by atoms with Crippen LogP contribution in [-0.2, 0) is 17.9 Å². The lowest BCUT2D eigenvalue weighted by Crippen LogP contribution is -2.59. The molecule has 1 fully saturated rings. The van der Waals surface area contributed by atoms with Gasteiger partial charge in [-0.05, 0) is 18.2 Å². The highest BCUT2D eigenvalue weighted by Gasteiger charge is 2.53. The van der Waals surface area contributed by atoms with Crippen molar-refractivity contribution in [1.29, 1.82) is 0 Å². The molecular weight excluding hydrogens is 363 g/mol. The number of fused-ring (bicyclic) bond motifs is 1. The molecule has 2 aliphatic heterocycles.